The van der Waals surface area contributed by atoms with Gasteiger partial charge in [0.1, 0.15) is 16.5 Å². The van der Waals surface area contributed by atoms with Crippen LogP contribution in [0.2, 0.25) is 5.02 Å². The highest BCUT2D eigenvalue weighted by atomic mass is 35.5. The van der Waals surface area contributed by atoms with Gasteiger partial charge in [0.05, 0.1) is 25.7 Å². The Kier molecular flexibility index (Phi) is 8.24. The van der Waals surface area contributed by atoms with Crippen molar-refractivity contribution in [1.82, 2.24) is 25.1 Å². The maximum absolute atomic E-state index is 12.5. The Hall–Kier alpha value is -3.83. The average Bonchev–Trinajstić information content (AvgIpc) is 3.29. The van der Waals surface area contributed by atoms with E-state index >= 15 is 0 Å². The lowest BCUT2D eigenvalue weighted by atomic mass is 10.2. The van der Waals surface area contributed by atoms with Gasteiger partial charge in [0, 0.05) is 23.6 Å². The minimum absolute atomic E-state index is 0.129. The Morgan fingerprint density at radius 2 is 1.83 bits per heavy atom. The number of fused-ring (bicyclic) bond motifs is 1. The third-order valence-corrected chi connectivity index (χ3v) is 6.23. The van der Waals surface area contributed by atoms with Gasteiger partial charge in [0.15, 0.2) is 11.5 Å². The topological polar surface area (TPSA) is 120 Å². The van der Waals surface area contributed by atoms with Crippen LogP contribution >= 0.6 is 23.4 Å². The van der Waals surface area contributed by atoms with Crippen LogP contribution in [-0.4, -0.2) is 58.1 Å². The van der Waals surface area contributed by atoms with Gasteiger partial charge in [-0.05, 0) is 54.6 Å². The van der Waals surface area contributed by atoms with Crippen molar-refractivity contribution in [3.8, 4) is 11.5 Å². The Balaban J connectivity index is 1.34. The van der Waals surface area contributed by atoms with E-state index in [1.54, 1.807) is 66.2 Å². The van der Waals surface area contributed by atoms with E-state index in [2.05, 4.69) is 25.9 Å². The van der Waals surface area contributed by atoms with E-state index in [-0.39, 0.29) is 17.6 Å². The van der Waals surface area contributed by atoms with Gasteiger partial charge in [-0.2, -0.15) is 9.61 Å². The van der Waals surface area contributed by atoms with Gasteiger partial charge in [-0.25, -0.2) is 0 Å². The molecule has 186 valence electrons. The molecule has 12 heteroatoms. The largest absolute Gasteiger partial charge is 0.497 e. The highest BCUT2D eigenvalue weighted by Crippen LogP contribution is 2.28. The van der Waals surface area contributed by atoms with Crippen molar-refractivity contribution in [3.05, 3.63) is 71.0 Å². The smallest absolute Gasteiger partial charge is 0.251 e. The molecule has 0 aliphatic rings. The number of nitrogens with zero attached hydrogens (tertiary/aromatic N) is 4. The Bertz CT molecular complexity index is 1380. The van der Waals surface area contributed by atoms with E-state index in [0.29, 0.717) is 57.2 Å². The molecule has 0 saturated carbocycles. The molecule has 0 spiro atoms. The van der Waals surface area contributed by atoms with E-state index < -0.39 is 0 Å². The van der Waals surface area contributed by atoms with E-state index in [1.807, 2.05) is 0 Å². The van der Waals surface area contributed by atoms with Gasteiger partial charge in [-0.3, -0.25) is 9.59 Å². The van der Waals surface area contributed by atoms with Crippen LogP contribution in [-0.2, 0) is 11.2 Å². The predicted molar refractivity (Wildman–Crippen MR) is 137 cm³/mol. The maximum Gasteiger partial charge on any atom is 0.251 e. The molecule has 2 aromatic heterocycles. The second kappa shape index (κ2) is 11.7. The van der Waals surface area contributed by atoms with Crippen LogP contribution < -0.4 is 20.1 Å². The number of carbonyl (C=O) groups excluding carboxylic acids is 2. The van der Waals surface area contributed by atoms with E-state index in [1.165, 1.54) is 18.9 Å². The molecule has 0 unspecified atom stereocenters. The maximum atomic E-state index is 12.5. The molecule has 2 N–H and O–H groups in total. The van der Waals surface area contributed by atoms with Crippen molar-refractivity contribution < 1.29 is 19.1 Å². The van der Waals surface area contributed by atoms with Gasteiger partial charge < -0.3 is 20.1 Å². The monoisotopic (exact) mass is 526 g/mol. The Morgan fingerprint density at radius 1 is 1.03 bits per heavy atom. The van der Waals surface area contributed by atoms with Crippen molar-refractivity contribution in [2.24, 2.45) is 0 Å². The van der Waals surface area contributed by atoms with Crippen molar-refractivity contribution >= 4 is 46.5 Å². The van der Waals surface area contributed by atoms with Crippen molar-refractivity contribution in [3.63, 3.8) is 0 Å². The van der Waals surface area contributed by atoms with Crippen LogP contribution in [0.4, 0.5) is 5.69 Å². The summed E-state index contributed by atoms with van der Waals surface area (Å²) in [6, 6.07) is 15.4. The fourth-order valence-corrected chi connectivity index (χ4v) is 4.11. The first-order valence-corrected chi connectivity index (χ1v) is 12.2. The van der Waals surface area contributed by atoms with Gasteiger partial charge in [0.25, 0.3) is 5.91 Å². The summed E-state index contributed by atoms with van der Waals surface area (Å²) in [5, 5.41) is 19.6. The Labute approximate surface area is 216 Å². The number of nitrogens with one attached hydrogen (secondary N) is 2. The number of methoxy groups -OCH3 is 2. The summed E-state index contributed by atoms with van der Waals surface area (Å²) in [4.78, 5) is 24.8. The molecule has 0 radical (unpaired) electrons. The lowest BCUT2D eigenvalue weighted by Gasteiger charge is -2.10. The molecule has 0 bridgehead atoms. The first-order valence-electron chi connectivity index (χ1n) is 10.9. The number of aromatic nitrogens is 4. The van der Waals surface area contributed by atoms with Crippen molar-refractivity contribution in [2.75, 3.05) is 31.8 Å². The Morgan fingerprint density at radius 3 is 2.58 bits per heavy atom. The summed E-state index contributed by atoms with van der Waals surface area (Å²) >= 11 is 7.29. The van der Waals surface area contributed by atoms with Gasteiger partial charge in [-0.1, -0.05) is 23.4 Å². The summed E-state index contributed by atoms with van der Waals surface area (Å²) in [7, 11) is 3.09. The molecular weight excluding hydrogens is 504 g/mol. The molecular formula is C24H23ClN6O4S. The molecule has 4 aromatic rings. The summed E-state index contributed by atoms with van der Waals surface area (Å²) < 4.78 is 12.0. The lowest BCUT2D eigenvalue weighted by Crippen LogP contribution is -2.26. The molecule has 4 rings (SSSR count). The number of thioether (sulfide) groups is 1. The van der Waals surface area contributed by atoms with Crippen molar-refractivity contribution in [1.29, 1.82) is 0 Å². The zero-order valence-corrected chi connectivity index (χ0v) is 21.1. The third-order valence-electron chi connectivity index (χ3n) is 5.08. The average molecular weight is 527 g/mol. The van der Waals surface area contributed by atoms with E-state index in [0.717, 1.165) is 0 Å². The lowest BCUT2D eigenvalue weighted by molar-refractivity contribution is -0.113. The number of anilines is 1. The fourth-order valence-electron chi connectivity index (χ4n) is 3.29. The zero-order chi connectivity index (χ0) is 25.5. The molecule has 2 heterocycles. The summed E-state index contributed by atoms with van der Waals surface area (Å²) in [5.74, 6) is 1.50. The van der Waals surface area contributed by atoms with Crippen LogP contribution in [0.1, 0.15) is 16.2 Å². The van der Waals surface area contributed by atoms with E-state index in [9.17, 15) is 9.59 Å². The highest BCUT2D eigenvalue weighted by molar-refractivity contribution is 7.99. The van der Waals surface area contributed by atoms with Crippen LogP contribution in [0, 0.1) is 0 Å². The molecule has 36 heavy (non-hydrogen) atoms. The number of hydrogen-bond donors (Lipinski definition) is 2. The number of halogens is 1. The predicted octanol–water partition coefficient (Wildman–Crippen LogP) is 3.50. The number of carbonyl (C=O) groups is 2. The highest BCUT2D eigenvalue weighted by Gasteiger charge is 2.12. The number of ether oxygens (including phenoxy) is 2. The van der Waals surface area contributed by atoms with Gasteiger partial charge >= 0.3 is 0 Å². The number of hydrogen-bond acceptors (Lipinski definition) is 8. The standard InChI is InChI=1S/C24H23ClN6O4S/c1-34-17-6-3-15(4-7-17)24(33)26-12-11-21-29-28-20-9-10-23(30-31(20)21)36-14-22(32)27-18-13-16(25)5-8-19(18)35-2/h3-10,13H,11-12,14H2,1-2H3,(H,26,33)(H,27,32). The van der Waals surface area contributed by atoms with E-state index in [4.69, 9.17) is 21.1 Å². The van der Waals surface area contributed by atoms with Crippen molar-refractivity contribution in [2.45, 2.75) is 11.4 Å². The first-order chi connectivity index (χ1) is 17.5. The molecule has 0 aliphatic carbocycles. The van der Waals surface area contributed by atoms with Crippen LogP contribution in [0.3, 0.4) is 0 Å². The van der Waals surface area contributed by atoms with Gasteiger partial charge in [0.2, 0.25) is 5.91 Å². The van der Waals surface area contributed by atoms with Crippen LogP contribution in [0.5, 0.6) is 11.5 Å². The summed E-state index contributed by atoms with van der Waals surface area (Å²) in [6.45, 7) is 0.356. The molecule has 2 aromatic carbocycles. The van der Waals surface area contributed by atoms with Crippen LogP contribution in [0.15, 0.2) is 59.6 Å². The molecule has 0 fully saturated rings. The number of benzene rings is 2. The summed E-state index contributed by atoms with van der Waals surface area (Å²) in [5.41, 5.74) is 1.60. The number of amides is 2. The third kappa shape index (κ3) is 6.23. The van der Waals surface area contributed by atoms with Crippen LogP contribution in [0.25, 0.3) is 5.65 Å². The molecule has 2 amide bonds. The SMILES string of the molecule is COc1ccc(C(=O)NCCc2nnc3ccc(SCC(=O)Nc4cc(Cl)ccc4OC)nn23)cc1. The first kappa shape index (κ1) is 25.3. The molecule has 0 saturated heterocycles. The second-order valence-corrected chi connectivity index (χ2v) is 8.91. The quantitative estimate of drug-likeness (QED) is 0.301. The minimum Gasteiger partial charge on any atom is -0.497 e. The normalized spacial score (nSPS) is 10.8. The van der Waals surface area contributed by atoms with Gasteiger partial charge in [-0.15, -0.1) is 10.2 Å². The molecule has 0 aliphatic heterocycles. The zero-order valence-electron chi connectivity index (χ0n) is 19.5. The molecule has 10 nitrogen and oxygen atoms in total. The number of rotatable bonds is 10. The molecule has 0 atom stereocenters. The summed E-state index contributed by atoms with van der Waals surface area (Å²) in [6.07, 6.45) is 0.430. The minimum atomic E-state index is -0.229. The second-order valence-electron chi connectivity index (χ2n) is 7.47. The fraction of sp³-hybridized carbons (Fsp3) is 0.208.